The van der Waals surface area contributed by atoms with E-state index in [1.165, 1.54) is 17.5 Å². The summed E-state index contributed by atoms with van der Waals surface area (Å²) in [4.78, 5) is 13.4. The number of nitrogens with zero attached hydrogens (tertiary/aromatic N) is 1. The molecule has 1 amide bonds. The zero-order valence-electron chi connectivity index (χ0n) is 19.3. The van der Waals surface area contributed by atoms with Gasteiger partial charge in [0.25, 0.3) is 5.91 Å². The average Bonchev–Trinajstić information content (AvgIpc) is 3.18. The lowest BCUT2D eigenvalue weighted by Crippen LogP contribution is -2.33. The van der Waals surface area contributed by atoms with Crippen LogP contribution in [-0.4, -0.2) is 38.8 Å². The van der Waals surface area contributed by atoms with Gasteiger partial charge in [0.2, 0.25) is 10.0 Å². The Morgan fingerprint density at radius 1 is 0.853 bits per heavy atom. The fraction of sp³-hybridized carbons (Fsp3) is 0.296. The molecule has 0 unspecified atom stereocenters. The number of sulfonamides is 1. The van der Waals surface area contributed by atoms with Crippen LogP contribution in [-0.2, 0) is 10.0 Å². The van der Waals surface area contributed by atoms with Crippen molar-refractivity contribution in [3.05, 3.63) is 95.6 Å². The molecule has 1 N–H and O–H groups in total. The zero-order valence-corrected chi connectivity index (χ0v) is 20.1. The highest BCUT2D eigenvalue weighted by atomic mass is 32.2. The molecular formula is C27H30N2O4S. The van der Waals surface area contributed by atoms with E-state index in [9.17, 15) is 13.2 Å². The van der Waals surface area contributed by atoms with E-state index in [1.807, 2.05) is 60.7 Å². The fourth-order valence-corrected chi connectivity index (χ4v) is 6.00. The predicted molar refractivity (Wildman–Crippen MR) is 132 cm³/mol. The van der Waals surface area contributed by atoms with Gasteiger partial charge in [-0.15, -0.1) is 0 Å². The van der Waals surface area contributed by atoms with E-state index >= 15 is 0 Å². The van der Waals surface area contributed by atoms with Crippen LogP contribution in [0.2, 0.25) is 0 Å². The van der Waals surface area contributed by atoms with Crippen molar-refractivity contribution in [1.82, 2.24) is 9.62 Å². The minimum absolute atomic E-state index is 0.0283. The van der Waals surface area contributed by atoms with Gasteiger partial charge in [0.15, 0.2) is 0 Å². The van der Waals surface area contributed by atoms with Gasteiger partial charge in [0, 0.05) is 18.7 Å². The Morgan fingerprint density at radius 3 is 1.94 bits per heavy atom. The first-order valence-electron chi connectivity index (χ1n) is 11.6. The van der Waals surface area contributed by atoms with Crippen LogP contribution >= 0.6 is 0 Å². The molecule has 1 aliphatic rings. The molecule has 0 aliphatic carbocycles. The molecule has 0 atom stereocenters. The van der Waals surface area contributed by atoms with Gasteiger partial charge in [-0.1, -0.05) is 73.5 Å². The van der Waals surface area contributed by atoms with Crippen LogP contribution in [0.15, 0.2) is 83.8 Å². The molecule has 178 valence electrons. The fourth-order valence-electron chi connectivity index (χ4n) is 4.31. The topological polar surface area (TPSA) is 75.7 Å². The van der Waals surface area contributed by atoms with Gasteiger partial charge in [-0.25, -0.2) is 8.42 Å². The molecule has 0 bridgehead atoms. The Labute approximate surface area is 201 Å². The average molecular weight is 479 g/mol. The van der Waals surface area contributed by atoms with Gasteiger partial charge in [0.05, 0.1) is 13.2 Å². The first-order chi connectivity index (χ1) is 16.5. The number of nitrogens with one attached hydrogen (secondary N) is 1. The van der Waals surface area contributed by atoms with Crippen molar-refractivity contribution in [3.8, 4) is 5.75 Å². The molecule has 4 rings (SSSR count). The molecule has 34 heavy (non-hydrogen) atoms. The lowest BCUT2D eigenvalue weighted by Gasteiger charge is -2.22. The zero-order chi connectivity index (χ0) is 24.0. The normalized spacial score (nSPS) is 15.0. The van der Waals surface area contributed by atoms with Crippen LogP contribution < -0.4 is 10.1 Å². The molecule has 3 aromatic rings. The summed E-state index contributed by atoms with van der Waals surface area (Å²) >= 11 is 0. The Hall–Kier alpha value is -3.16. The van der Waals surface area contributed by atoms with Gasteiger partial charge in [0.1, 0.15) is 10.6 Å². The van der Waals surface area contributed by atoms with Crippen molar-refractivity contribution < 1.29 is 17.9 Å². The maximum Gasteiger partial charge on any atom is 0.252 e. The van der Waals surface area contributed by atoms with E-state index in [0.29, 0.717) is 13.1 Å². The number of rotatable bonds is 7. The van der Waals surface area contributed by atoms with Gasteiger partial charge >= 0.3 is 0 Å². The summed E-state index contributed by atoms with van der Waals surface area (Å²) in [5.74, 6) is -0.115. The van der Waals surface area contributed by atoms with Crippen molar-refractivity contribution in [2.45, 2.75) is 36.6 Å². The molecule has 1 saturated heterocycles. The minimum Gasteiger partial charge on any atom is -0.495 e. The number of hydrogen-bond acceptors (Lipinski definition) is 4. The number of methoxy groups -OCH3 is 1. The van der Waals surface area contributed by atoms with Crippen LogP contribution in [0.25, 0.3) is 0 Å². The van der Waals surface area contributed by atoms with Gasteiger partial charge in [-0.2, -0.15) is 4.31 Å². The summed E-state index contributed by atoms with van der Waals surface area (Å²) < 4.78 is 33.8. The third kappa shape index (κ3) is 5.32. The molecule has 1 heterocycles. The highest BCUT2D eigenvalue weighted by molar-refractivity contribution is 7.89. The smallest absolute Gasteiger partial charge is 0.252 e. The van der Waals surface area contributed by atoms with E-state index in [4.69, 9.17) is 4.74 Å². The maximum atomic E-state index is 13.5. The molecule has 0 aromatic heterocycles. The van der Waals surface area contributed by atoms with Gasteiger partial charge in [-0.3, -0.25) is 4.79 Å². The van der Waals surface area contributed by atoms with Crippen LogP contribution in [0.4, 0.5) is 0 Å². The monoisotopic (exact) mass is 478 g/mol. The number of hydrogen-bond donors (Lipinski definition) is 1. The molecule has 6 nitrogen and oxygen atoms in total. The number of ether oxygens (including phenoxy) is 1. The van der Waals surface area contributed by atoms with Crippen LogP contribution in [0.3, 0.4) is 0 Å². The summed E-state index contributed by atoms with van der Waals surface area (Å²) in [5, 5.41) is 3.08. The second kappa shape index (κ2) is 10.8. The van der Waals surface area contributed by atoms with E-state index in [-0.39, 0.29) is 28.2 Å². The number of benzene rings is 3. The summed E-state index contributed by atoms with van der Waals surface area (Å²) in [6, 6.07) is 23.6. The molecular weight excluding hydrogens is 448 g/mol. The second-order valence-electron chi connectivity index (χ2n) is 8.41. The Morgan fingerprint density at radius 2 is 1.41 bits per heavy atom. The lowest BCUT2D eigenvalue weighted by molar-refractivity contribution is 0.0942. The van der Waals surface area contributed by atoms with Crippen molar-refractivity contribution in [1.29, 1.82) is 0 Å². The highest BCUT2D eigenvalue weighted by Gasteiger charge is 2.29. The van der Waals surface area contributed by atoms with Crippen molar-refractivity contribution in [2.24, 2.45) is 0 Å². The summed E-state index contributed by atoms with van der Waals surface area (Å²) in [7, 11) is -2.35. The Balaban J connectivity index is 1.67. The third-order valence-electron chi connectivity index (χ3n) is 6.15. The first-order valence-corrected chi connectivity index (χ1v) is 13.0. The molecule has 0 radical (unpaired) electrons. The molecule has 0 saturated carbocycles. The highest BCUT2D eigenvalue weighted by Crippen LogP contribution is 2.30. The molecule has 1 aliphatic heterocycles. The maximum absolute atomic E-state index is 13.5. The minimum atomic E-state index is -3.79. The number of amides is 1. The molecule has 7 heteroatoms. The molecule has 1 fully saturated rings. The lowest BCUT2D eigenvalue weighted by atomic mass is 9.98. The van der Waals surface area contributed by atoms with Crippen molar-refractivity contribution in [2.75, 3.05) is 20.2 Å². The molecule has 0 spiro atoms. The Kier molecular flexibility index (Phi) is 7.65. The van der Waals surface area contributed by atoms with Crippen LogP contribution in [0.5, 0.6) is 5.75 Å². The number of carbonyl (C=O) groups is 1. The Bertz CT molecular complexity index is 1170. The standard InChI is InChI=1S/C27H30N2O4S/c1-33-24-17-16-23(20-25(24)34(31,32)29-18-10-2-3-11-19-29)27(30)28-26(21-12-6-4-7-13-21)22-14-8-5-9-15-22/h4-9,12-17,20,26H,2-3,10-11,18-19H2,1H3,(H,28,30). The van der Waals surface area contributed by atoms with Gasteiger partial charge in [-0.05, 0) is 42.2 Å². The molecule has 3 aromatic carbocycles. The van der Waals surface area contributed by atoms with Gasteiger partial charge < -0.3 is 10.1 Å². The second-order valence-corrected chi connectivity index (χ2v) is 10.3. The first kappa shape index (κ1) is 24.0. The quantitative estimate of drug-likeness (QED) is 0.530. The van der Waals surface area contributed by atoms with E-state index in [1.54, 1.807) is 12.1 Å². The SMILES string of the molecule is COc1ccc(C(=O)NC(c2ccccc2)c2ccccc2)cc1S(=O)(=O)N1CCCCCC1. The van der Waals surface area contributed by atoms with Crippen molar-refractivity contribution in [3.63, 3.8) is 0 Å². The summed E-state index contributed by atoms with van der Waals surface area (Å²) in [5.41, 5.74) is 2.15. The van der Waals surface area contributed by atoms with E-state index < -0.39 is 10.0 Å². The summed E-state index contributed by atoms with van der Waals surface area (Å²) in [6.07, 6.45) is 3.70. The van der Waals surface area contributed by atoms with Crippen LogP contribution in [0.1, 0.15) is 53.2 Å². The largest absolute Gasteiger partial charge is 0.495 e. The third-order valence-corrected chi connectivity index (χ3v) is 8.07. The summed E-state index contributed by atoms with van der Waals surface area (Å²) in [6.45, 7) is 0.956. The van der Waals surface area contributed by atoms with Crippen molar-refractivity contribution >= 4 is 15.9 Å². The van der Waals surface area contributed by atoms with E-state index in [2.05, 4.69) is 5.32 Å². The van der Waals surface area contributed by atoms with E-state index in [0.717, 1.165) is 36.8 Å². The number of carbonyl (C=O) groups excluding carboxylic acids is 1. The predicted octanol–water partition coefficient (Wildman–Crippen LogP) is 4.78. The van der Waals surface area contributed by atoms with Crippen LogP contribution in [0, 0.1) is 0 Å².